The second-order valence-electron chi connectivity index (χ2n) is 11.9. The van der Waals surface area contributed by atoms with E-state index in [2.05, 4.69) is 42.5 Å². The fraction of sp³-hybridized carbons (Fsp3) is 0.303. The molecular formula is C33H34ClN7O3. The summed E-state index contributed by atoms with van der Waals surface area (Å²) < 4.78 is 5.52. The predicted molar refractivity (Wildman–Crippen MR) is 171 cm³/mol. The van der Waals surface area contributed by atoms with Crippen LogP contribution in [0.4, 0.5) is 10.5 Å². The van der Waals surface area contributed by atoms with Crippen molar-refractivity contribution in [1.29, 1.82) is 0 Å². The molecule has 226 valence electrons. The minimum atomic E-state index is -0.511. The number of rotatable bonds is 6. The molecule has 0 aliphatic carbocycles. The molecule has 2 amide bonds. The summed E-state index contributed by atoms with van der Waals surface area (Å²) in [6, 6.07) is 17.3. The number of hydrogen-bond donors (Lipinski definition) is 2. The van der Waals surface area contributed by atoms with Crippen LogP contribution in [0.25, 0.3) is 21.8 Å². The number of aromatic amines is 1. The Morgan fingerprint density at radius 1 is 0.977 bits per heavy atom. The smallest absolute Gasteiger partial charge is 0.410 e. The first-order valence-corrected chi connectivity index (χ1v) is 15.0. The summed E-state index contributed by atoms with van der Waals surface area (Å²) in [6.45, 7) is 8.52. The number of nitrogens with one attached hydrogen (secondary N) is 2. The van der Waals surface area contributed by atoms with Gasteiger partial charge >= 0.3 is 6.09 Å². The van der Waals surface area contributed by atoms with Crippen molar-refractivity contribution in [2.45, 2.75) is 39.3 Å². The van der Waals surface area contributed by atoms with Gasteiger partial charge in [-0.3, -0.25) is 19.9 Å². The maximum absolute atomic E-state index is 13.0. The second kappa shape index (κ2) is 12.1. The Kier molecular flexibility index (Phi) is 8.09. The number of aromatic nitrogens is 4. The van der Waals surface area contributed by atoms with Crippen LogP contribution in [-0.2, 0) is 17.7 Å². The lowest BCUT2D eigenvalue weighted by molar-refractivity contribution is 0.0240. The van der Waals surface area contributed by atoms with Crippen molar-refractivity contribution in [3.8, 4) is 0 Å². The molecule has 2 N–H and O–H groups in total. The van der Waals surface area contributed by atoms with Crippen LogP contribution in [-0.4, -0.2) is 68.8 Å². The third-order valence-corrected chi connectivity index (χ3v) is 7.75. The molecule has 0 spiro atoms. The minimum absolute atomic E-state index is 0.197. The normalized spacial score (nSPS) is 13.8. The molecule has 10 nitrogen and oxygen atoms in total. The number of piperazine rings is 1. The molecule has 1 aliphatic heterocycles. The van der Waals surface area contributed by atoms with Crippen molar-refractivity contribution < 1.29 is 14.3 Å². The number of carbonyl (C=O) groups is 2. The van der Waals surface area contributed by atoms with Gasteiger partial charge in [-0.15, -0.1) is 0 Å². The van der Waals surface area contributed by atoms with Gasteiger partial charge in [0.25, 0.3) is 5.91 Å². The third kappa shape index (κ3) is 6.75. The molecule has 5 aromatic rings. The monoisotopic (exact) mass is 611 g/mol. The van der Waals surface area contributed by atoms with E-state index in [1.165, 1.54) is 0 Å². The number of fused-ring (bicyclic) bond motifs is 2. The standard InChI is InChI=1S/C33H34ClN7O3/c1-33(2,3)44-32(43)41-12-10-40(11-13-41)26-17-23-14-21(4-6-28(23)36-19-26)15-25-16-22(8-9-35-25)31(42)37-20-30-27-18-24(34)5-7-29(27)38-39-30/h4-9,14,16-19H,10-13,15,20H2,1-3H3,(H,37,42)(H,38,39). The zero-order valence-corrected chi connectivity index (χ0v) is 25.7. The molecule has 6 rings (SSSR count). The zero-order chi connectivity index (χ0) is 30.8. The van der Waals surface area contributed by atoms with Gasteiger partial charge in [0.2, 0.25) is 0 Å². The van der Waals surface area contributed by atoms with Crippen LogP contribution < -0.4 is 10.2 Å². The van der Waals surface area contributed by atoms with Gasteiger partial charge in [-0.2, -0.15) is 5.10 Å². The first-order chi connectivity index (χ1) is 21.1. The van der Waals surface area contributed by atoms with Crippen LogP contribution in [0.2, 0.25) is 5.02 Å². The van der Waals surface area contributed by atoms with Gasteiger partial charge in [-0.1, -0.05) is 17.7 Å². The highest BCUT2D eigenvalue weighted by molar-refractivity contribution is 6.31. The Morgan fingerprint density at radius 2 is 1.77 bits per heavy atom. The maximum Gasteiger partial charge on any atom is 0.410 e. The number of pyridine rings is 2. The van der Waals surface area contributed by atoms with Crippen LogP contribution >= 0.6 is 11.6 Å². The van der Waals surface area contributed by atoms with E-state index in [0.29, 0.717) is 49.7 Å². The lowest BCUT2D eigenvalue weighted by atomic mass is 10.0. The van der Waals surface area contributed by atoms with Crippen LogP contribution in [0, 0.1) is 0 Å². The number of anilines is 1. The Balaban J connectivity index is 1.10. The van der Waals surface area contributed by atoms with Crippen LogP contribution in [0.5, 0.6) is 0 Å². The van der Waals surface area contributed by atoms with Gasteiger partial charge in [0.15, 0.2) is 0 Å². The summed E-state index contributed by atoms with van der Waals surface area (Å²) >= 11 is 6.14. The summed E-state index contributed by atoms with van der Waals surface area (Å²) in [5.74, 6) is -0.197. The molecule has 1 aliphatic rings. The molecule has 0 unspecified atom stereocenters. The van der Waals surface area contributed by atoms with Gasteiger partial charge in [-0.05, 0) is 74.9 Å². The number of nitrogens with zero attached hydrogens (tertiary/aromatic N) is 5. The van der Waals surface area contributed by atoms with E-state index in [1.807, 2.05) is 57.3 Å². The summed E-state index contributed by atoms with van der Waals surface area (Å²) in [4.78, 5) is 38.6. The fourth-order valence-electron chi connectivity index (χ4n) is 5.29. The molecule has 0 radical (unpaired) electrons. The van der Waals surface area contributed by atoms with Gasteiger partial charge in [-0.25, -0.2) is 4.79 Å². The zero-order valence-electron chi connectivity index (χ0n) is 24.9. The Bertz CT molecular complexity index is 1840. The number of carbonyl (C=O) groups excluding carboxylic acids is 2. The van der Waals surface area contributed by atoms with Crippen molar-refractivity contribution in [3.05, 3.63) is 94.5 Å². The van der Waals surface area contributed by atoms with E-state index in [-0.39, 0.29) is 12.0 Å². The average molecular weight is 612 g/mol. The first-order valence-electron chi connectivity index (χ1n) is 14.6. The van der Waals surface area contributed by atoms with E-state index in [0.717, 1.165) is 44.4 Å². The summed E-state index contributed by atoms with van der Waals surface area (Å²) in [6.07, 6.45) is 3.84. The number of halogens is 1. The summed E-state index contributed by atoms with van der Waals surface area (Å²) in [7, 11) is 0. The highest BCUT2D eigenvalue weighted by Gasteiger charge is 2.26. The van der Waals surface area contributed by atoms with E-state index in [9.17, 15) is 9.59 Å². The molecule has 2 aromatic carbocycles. The van der Waals surface area contributed by atoms with Crippen LogP contribution in [0.3, 0.4) is 0 Å². The molecule has 1 fully saturated rings. The number of amides is 2. The molecule has 0 bridgehead atoms. The molecule has 1 saturated heterocycles. The Morgan fingerprint density at radius 3 is 2.57 bits per heavy atom. The lowest BCUT2D eigenvalue weighted by Gasteiger charge is -2.36. The van der Waals surface area contributed by atoms with E-state index in [4.69, 9.17) is 16.3 Å². The number of ether oxygens (including phenoxy) is 1. The van der Waals surface area contributed by atoms with Gasteiger partial charge < -0.3 is 19.9 Å². The number of benzene rings is 2. The van der Waals surface area contributed by atoms with Crippen molar-refractivity contribution in [3.63, 3.8) is 0 Å². The Labute approximate surface area is 260 Å². The molecule has 44 heavy (non-hydrogen) atoms. The minimum Gasteiger partial charge on any atom is -0.444 e. The lowest BCUT2D eigenvalue weighted by Crippen LogP contribution is -2.50. The van der Waals surface area contributed by atoms with E-state index < -0.39 is 5.60 Å². The van der Waals surface area contributed by atoms with Crippen LogP contribution in [0.15, 0.2) is 67.0 Å². The summed E-state index contributed by atoms with van der Waals surface area (Å²) in [5.41, 5.74) is 5.38. The SMILES string of the molecule is CC(C)(C)OC(=O)N1CCN(c2cnc3ccc(Cc4cc(C(=O)NCc5[nH]nc6ccc(Cl)cc56)ccn4)cc3c2)CC1. The Hall–Kier alpha value is -4.70. The van der Waals surface area contributed by atoms with Crippen molar-refractivity contribution in [2.75, 3.05) is 31.1 Å². The largest absolute Gasteiger partial charge is 0.444 e. The van der Waals surface area contributed by atoms with E-state index >= 15 is 0 Å². The first kappa shape index (κ1) is 29.4. The van der Waals surface area contributed by atoms with Crippen molar-refractivity contribution in [2.24, 2.45) is 0 Å². The summed E-state index contributed by atoms with van der Waals surface area (Å²) in [5, 5.41) is 12.7. The fourth-order valence-corrected chi connectivity index (χ4v) is 5.46. The second-order valence-corrected chi connectivity index (χ2v) is 12.4. The molecular weight excluding hydrogens is 578 g/mol. The van der Waals surface area contributed by atoms with Gasteiger partial charge in [0.1, 0.15) is 5.60 Å². The predicted octanol–water partition coefficient (Wildman–Crippen LogP) is 5.74. The third-order valence-electron chi connectivity index (χ3n) is 7.51. The van der Waals surface area contributed by atoms with E-state index in [1.54, 1.807) is 23.2 Å². The van der Waals surface area contributed by atoms with Gasteiger partial charge in [0, 0.05) is 65.8 Å². The molecule has 3 aromatic heterocycles. The maximum atomic E-state index is 13.0. The molecule has 0 atom stereocenters. The molecule has 0 saturated carbocycles. The topological polar surface area (TPSA) is 116 Å². The number of hydrogen-bond acceptors (Lipinski definition) is 7. The molecule has 4 heterocycles. The highest BCUT2D eigenvalue weighted by Crippen LogP contribution is 2.24. The van der Waals surface area contributed by atoms with Crippen molar-refractivity contribution in [1.82, 2.24) is 30.4 Å². The highest BCUT2D eigenvalue weighted by atomic mass is 35.5. The van der Waals surface area contributed by atoms with Gasteiger partial charge in [0.05, 0.1) is 35.2 Å². The van der Waals surface area contributed by atoms with Crippen molar-refractivity contribution >= 4 is 51.1 Å². The van der Waals surface area contributed by atoms with Crippen LogP contribution in [0.1, 0.15) is 48.1 Å². The number of H-pyrrole nitrogens is 1. The quantitative estimate of drug-likeness (QED) is 0.252. The molecule has 11 heteroatoms. The average Bonchev–Trinajstić information content (AvgIpc) is 3.40.